The van der Waals surface area contributed by atoms with Crippen LogP contribution in [0.5, 0.6) is 0 Å². The number of halogens is 1. The maximum Gasteiger partial charge on any atom is 0.198 e. The molecule has 1 fully saturated rings. The van der Waals surface area contributed by atoms with Crippen LogP contribution in [-0.2, 0) is 6.54 Å². The van der Waals surface area contributed by atoms with E-state index in [2.05, 4.69) is 22.9 Å². The Labute approximate surface area is 151 Å². The van der Waals surface area contributed by atoms with E-state index in [4.69, 9.17) is 15.1 Å². The first-order valence-corrected chi connectivity index (χ1v) is 8.79. The minimum absolute atomic E-state index is 0. The van der Waals surface area contributed by atoms with E-state index in [9.17, 15) is 0 Å². The van der Waals surface area contributed by atoms with E-state index < -0.39 is 0 Å². The molecule has 0 atom stereocenters. The second-order valence-corrected chi connectivity index (χ2v) is 7.34. The molecule has 1 aliphatic heterocycles. The monoisotopic (exact) mass is 364 g/mol. The van der Waals surface area contributed by atoms with Gasteiger partial charge in [0.05, 0.1) is 0 Å². The molecular weight excluding hydrogens is 344 g/mol. The SMILES string of the molecule is Cc1cccc2nc(C3CCN(Cc4cnc(N)s4)CC3)oc12.Cl. The fourth-order valence-electron chi connectivity index (χ4n) is 3.23. The largest absolute Gasteiger partial charge is 0.440 e. The van der Waals surface area contributed by atoms with Gasteiger partial charge in [-0.05, 0) is 44.5 Å². The van der Waals surface area contributed by atoms with Gasteiger partial charge >= 0.3 is 0 Å². The number of fused-ring (bicyclic) bond motifs is 1. The number of piperidine rings is 1. The van der Waals surface area contributed by atoms with E-state index in [1.165, 1.54) is 4.88 Å². The van der Waals surface area contributed by atoms with E-state index in [1.807, 2.05) is 18.3 Å². The number of anilines is 1. The van der Waals surface area contributed by atoms with Gasteiger partial charge < -0.3 is 10.2 Å². The lowest BCUT2D eigenvalue weighted by Gasteiger charge is -2.29. The molecule has 2 N–H and O–H groups in total. The summed E-state index contributed by atoms with van der Waals surface area (Å²) < 4.78 is 6.04. The number of hydrogen-bond donors (Lipinski definition) is 1. The van der Waals surface area contributed by atoms with E-state index in [1.54, 1.807) is 11.3 Å². The first kappa shape index (κ1) is 17.2. The first-order chi connectivity index (χ1) is 11.2. The minimum atomic E-state index is 0. The Morgan fingerprint density at radius 3 is 2.79 bits per heavy atom. The minimum Gasteiger partial charge on any atom is -0.440 e. The lowest BCUT2D eigenvalue weighted by atomic mass is 9.97. The highest BCUT2D eigenvalue weighted by Gasteiger charge is 2.25. The Morgan fingerprint density at radius 1 is 1.33 bits per heavy atom. The van der Waals surface area contributed by atoms with Crippen LogP contribution in [-0.4, -0.2) is 28.0 Å². The molecule has 3 heterocycles. The number of rotatable bonds is 3. The molecule has 0 aliphatic carbocycles. The number of nitrogen functional groups attached to an aromatic ring is 1. The predicted molar refractivity (Wildman–Crippen MR) is 99.8 cm³/mol. The van der Waals surface area contributed by atoms with E-state index in [0.29, 0.717) is 11.0 Å². The third-order valence-electron chi connectivity index (χ3n) is 4.52. The number of aryl methyl sites for hydroxylation is 1. The number of likely N-dealkylation sites (tertiary alicyclic amines) is 1. The zero-order valence-electron chi connectivity index (χ0n) is 13.6. The molecule has 24 heavy (non-hydrogen) atoms. The van der Waals surface area contributed by atoms with Gasteiger partial charge in [-0.3, -0.25) is 4.90 Å². The first-order valence-electron chi connectivity index (χ1n) is 7.97. The average molecular weight is 365 g/mol. The summed E-state index contributed by atoms with van der Waals surface area (Å²) >= 11 is 1.58. The molecule has 0 unspecified atom stereocenters. The molecule has 0 saturated carbocycles. The Hall–Kier alpha value is -1.63. The van der Waals surface area contributed by atoms with Crippen LogP contribution in [0.15, 0.2) is 28.8 Å². The highest BCUT2D eigenvalue weighted by atomic mass is 35.5. The summed E-state index contributed by atoms with van der Waals surface area (Å²) in [5.41, 5.74) is 8.76. The zero-order chi connectivity index (χ0) is 15.8. The van der Waals surface area contributed by atoms with E-state index >= 15 is 0 Å². The highest BCUT2D eigenvalue weighted by Crippen LogP contribution is 2.31. The quantitative estimate of drug-likeness (QED) is 0.761. The van der Waals surface area contributed by atoms with Gasteiger partial charge in [-0.25, -0.2) is 9.97 Å². The molecule has 0 radical (unpaired) electrons. The van der Waals surface area contributed by atoms with Crippen molar-refractivity contribution in [3.63, 3.8) is 0 Å². The van der Waals surface area contributed by atoms with Crippen molar-refractivity contribution in [3.8, 4) is 0 Å². The summed E-state index contributed by atoms with van der Waals surface area (Å²) in [6.07, 6.45) is 4.05. The molecule has 0 bridgehead atoms. The maximum absolute atomic E-state index is 6.04. The van der Waals surface area contributed by atoms with Crippen molar-refractivity contribution < 1.29 is 4.42 Å². The second kappa shape index (κ2) is 7.09. The third kappa shape index (κ3) is 3.41. The Balaban J connectivity index is 0.00000169. The van der Waals surface area contributed by atoms with Gasteiger partial charge in [0.15, 0.2) is 16.6 Å². The van der Waals surface area contributed by atoms with Gasteiger partial charge in [0.25, 0.3) is 0 Å². The van der Waals surface area contributed by atoms with Gasteiger partial charge in [0.2, 0.25) is 0 Å². The molecule has 1 aliphatic rings. The van der Waals surface area contributed by atoms with Crippen LogP contribution in [0, 0.1) is 6.92 Å². The molecule has 3 aromatic rings. The lowest BCUT2D eigenvalue weighted by Crippen LogP contribution is -2.32. The second-order valence-electron chi connectivity index (χ2n) is 6.19. The van der Waals surface area contributed by atoms with Crippen molar-refractivity contribution in [2.45, 2.75) is 32.2 Å². The molecule has 0 amide bonds. The standard InChI is InChI=1S/C17H20N4OS.ClH/c1-11-3-2-4-14-15(11)22-16(20-14)12-5-7-21(8-6-12)10-13-9-19-17(18)23-13;/h2-4,9,12H,5-8,10H2,1H3,(H2,18,19);1H. The Kier molecular flexibility index (Phi) is 5.08. The third-order valence-corrected chi connectivity index (χ3v) is 5.33. The number of para-hydroxylation sites is 1. The number of benzene rings is 1. The van der Waals surface area contributed by atoms with E-state index in [-0.39, 0.29) is 12.4 Å². The van der Waals surface area contributed by atoms with Crippen LogP contribution >= 0.6 is 23.7 Å². The van der Waals surface area contributed by atoms with Crippen molar-refractivity contribution in [2.75, 3.05) is 18.8 Å². The van der Waals surface area contributed by atoms with Crippen molar-refractivity contribution in [1.82, 2.24) is 14.9 Å². The van der Waals surface area contributed by atoms with Gasteiger partial charge in [0, 0.05) is 23.5 Å². The van der Waals surface area contributed by atoms with Crippen molar-refractivity contribution >= 4 is 40.0 Å². The summed E-state index contributed by atoms with van der Waals surface area (Å²) in [5.74, 6) is 1.32. The van der Waals surface area contributed by atoms with Crippen LogP contribution in [0.25, 0.3) is 11.1 Å². The summed E-state index contributed by atoms with van der Waals surface area (Å²) in [5, 5.41) is 0.650. The Bertz CT molecular complexity index is 823. The zero-order valence-corrected chi connectivity index (χ0v) is 15.2. The number of hydrogen-bond acceptors (Lipinski definition) is 6. The fraction of sp³-hybridized carbons (Fsp3) is 0.412. The summed E-state index contributed by atoms with van der Waals surface area (Å²) in [7, 11) is 0. The summed E-state index contributed by atoms with van der Waals surface area (Å²) in [6.45, 7) is 5.12. The molecule has 128 valence electrons. The van der Waals surface area contributed by atoms with Gasteiger partial charge in [-0.2, -0.15) is 0 Å². The van der Waals surface area contributed by atoms with Gasteiger partial charge in [-0.1, -0.05) is 12.1 Å². The number of oxazole rings is 1. The molecule has 1 saturated heterocycles. The molecular formula is C17H21ClN4OS. The number of nitrogens with two attached hydrogens (primary N) is 1. The van der Waals surface area contributed by atoms with Crippen LogP contribution in [0.3, 0.4) is 0 Å². The van der Waals surface area contributed by atoms with Crippen LogP contribution in [0.2, 0.25) is 0 Å². The van der Waals surface area contributed by atoms with Crippen LogP contribution in [0.4, 0.5) is 5.13 Å². The molecule has 5 nitrogen and oxygen atoms in total. The van der Waals surface area contributed by atoms with Crippen LogP contribution < -0.4 is 5.73 Å². The van der Waals surface area contributed by atoms with Crippen molar-refractivity contribution in [3.05, 3.63) is 40.7 Å². The topological polar surface area (TPSA) is 68.2 Å². The summed E-state index contributed by atoms with van der Waals surface area (Å²) in [6, 6.07) is 6.13. The number of thiazole rings is 1. The summed E-state index contributed by atoms with van der Waals surface area (Å²) in [4.78, 5) is 12.5. The normalized spacial score (nSPS) is 16.4. The average Bonchev–Trinajstić information content (AvgIpc) is 3.15. The molecule has 1 aromatic carbocycles. The molecule has 2 aromatic heterocycles. The maximum atomic E-state index is 6.04. The Morgan fingerprint density at radius 2 is 2.12 bits per heavy atom. The number of aromatic nitrogens is 2. The predicted octanol–water partition coefficient (Wildman–Crippen LogP) is 3.98. The fourth-order valence-corrected chi connectivity index (χ4v) is 3.96. The molecule has 7 heteroatoms. The van der Waals surface area contributed by atoms with E-state index in [0.717, 1.165) is 55.0 Å². The highest BCUT2D eigenvalue weighted by molar-refractivity contribution is 7.15. The van der Waals surface area contributed by atoms with Crippen LogP contribution in [0.1, 0.15) is 35.1 Å². The van der Waals surface area contributed by atoms with Gasteiger partial charge in [0.1, 0.15) is 5.52 Å². The molecule has 4 rings (SSSR count). The van der Waals surface area contributed by atoms with Gasteiger partial charge in [-0.15, -0.1) is 23.7 Å². The van der Waals surface area contributed by atoms with Crippen molar-refractivity contribution in [1.29, 1.82) is 0 Å². The lowest BCUT2D eigenvalue weighted by molar-refractivity contribution is 0.195. The molecule has 0 spiro atoms. The number of nitrogens with zero attached hydrogens (tertiary/aromatic N) is 3. The van der Waals surface area contributed by atoms with Crippen molar-refractivity contribution in [2.24, 2.45) is 0 Å². The smallest absolute Gasteiger partial charge is 0.198 e.